The van der Waals surface area contributed by atoms with E-state index in [-0.39, 0.29) is 28.8 Å². The molecular weight excluding hydrogens is 464 g/mol. The van der Waals surface area contributed by atoms with Crippen molar-refractivity contribution in [2.45, 2.75) is 18.3 Å². The Morgan fingerprint density at radius 1 is 1.55 bits per heavy atom. The molecule has 1 unspecified atom stereocenters. The lowest BCUT2D eigenvalue weighted by Crippen LogP contribution is -2.71. The third-order valence-electron chi connectivity index (χ3n) is 4.13. The summed E-state index contributed by atoms with van der Waals surface area (Å²) in [5, 5.41) is 19.0. The number of thioether (sulfide) groups is 2. The van der Waals surface area contributed by atoms with E-state index < -0.39 is 29.2 Å². The number of hydrogen-bond acceptors (Lipinski definition) is 11. The molecule has 1 aromatic rings. The van der Waals surface area contributed by atoms with E-state index in [2.05, 4.69) is 15.5 Å². The van der Waals surface area contributed by atoms with Crippen molar-refractivity contribution in [3.63, 3.8) is 0 Å². The van der Waals surface area contributed by atoms with Crippen molar-refractivity contribution >= 4 is 63.5 Å². The smallest absolute Gasteiger partial charge is 0.353 e. The molecule has 166 valence electrons. The zero-order valence-corrected chi connectivity index (χ0v) is 18.8. The number of nitrogens with two attached hydrogens (primary N) is 2. The number of nitrogen functional groups attached to an aromatic ring is 1. The van der Waals surface area contributed by atoms with Gasteiger partial charge in [-0.15, -0.1) is 23.1 Å². The van der Waals surface area contributed by atoms with Crippen LogP contribution >= 0.6 is 34.9 Å². The molecule has 0 spiro atoms. The zero-order valence-electron chi connectivity index (χ0n) is 16.3. The van der Waals surface area contributed by atoms with Crippen LogP contribution in [0.3, 0.4) is 0 Å². The van der Waals surface area contributed by atoms with Gasteiger partial charge in [-0.2, -0.15) is 0 Å². The molecule has 2 aliphatic heterocycles. The van der Waals surface area contributed by atoms with Crippen molar-refractivity contribution in [1.82, 2.24) is 15.2 Å². The fourth-order valence-electron chi connectivity index (χ4n) is 2.81. The van der Waals surface area contributed by atoms with Crippen LogP contribution in [-0.4, -0.2) is 68.8 Å². The standard InChI is InChI=1S/C17H20N6O5S3/c1-2-28-22-10(8-6-31-17(19)20-8)13(24)21-11-14(25)23-12(16(26)27)9(7-30-15(11)23)29-5-3-4-18/h3,5-6,11,15H,2,4,7,18H2,1H3,(H2,19,20)(H,21,24)(H,26,27)/b5-3-,22-10-/t11?,15-/m1/s1. The maximum absolute atomic E-state index is 12.8. The summed E-state index contributed by atoms with van der Waals surface area (Å²) >= 11 is 3.71. The highest BCUT2D eigenvalue weighted by molar-refractivity contribution is 8.08. The van der Waals surface area contributed by atoms with Crippen LogP contribution in [-0.2, 0) is 19.2 Å². The van der Waals surface area contributed by atoms with Gasteiger partial charge in [0, 0.05) is 22.6 Å². The van der Waals surface area contributed by atoms with E-state index in [1.54, 1.807) is 23.8 Å². The lowest BCUT2D eigenvalue weighted by molar-refractivity contribution is -0.150. The predicted octanol–water partition coefficient (Wildman–Crippen LogP) is 0.368. The number of anilines is 1. The summed E-state index contributed by atoms with van der Waals surface area (Å²) in [7, 11) is 0. The average molecular weight is 485 g/mol. The first-order valence-corrected chi connectivity index (χ1v) is 11.8. The van der Waals surface area contributed by atoms with Crippen LogP contribution in [0.1, 0.15) is 12.6 Å². The first kappa shape index (κ1) is 23.1. The molecule has 11 nitrogen and oxygen atoms in total. The molecule has 2 atom stereocenters. The first-order chi connectivity index (χ1) is 14.9. The minimum atomic E-state index is -1.20. The third kappa shape index (κ3) is 4.87. The van der Waals surface area contributed by atoms with Crippen LogP contribution in [0.2, 0.25) is 0 Å². The lowest BCUT2D eigenvalue weighted by atomic mass is 10.0. The Morgan fingerprint density at radius 3 is 2.94 bits per heavy atom. The van der Waals surface area contributed by atoms with Gasteiger partial charge < -0.3 is 26.7 Å². The molecule has 0 aromatic carbocycles. The molecule has 0 radical (unpaired) electrons. The number of hydrogen-bond donors (Lipinski definition) is 4. The summed E-state index contributed by atoms with van der Waals surface area (Å²) < 4.78 is 0. The fraction of sp³-hybridized carbons (Fsp3) is 0.353. The number of β-lactam (4-membered cyclic amide) rings is 1. The number of nitrogens with one attached hydrogen (secondary N) is 1. The Labute approximate surface area is 189 Å². The summed E-state index contributed by atoms with van der Waals surface area (Å²) in [6.07, 6.45) is 1.69. The number of aliphatic carboxylic acids is 1. The molecule has 2 amide bonds. The van der Waals surface area contributed by atoms with Gasteiger partial charge in [0.1, 0.15) is 29.4 Å². The Kier molecular flexibility index (Phi) is 7.59. The zero-order chi connectivity index (χ0) is 22.5. The van der Waals surface area contributed by atoms with Crippen molar-refractivity contribution in [3.05, 3.63) is 33.2 Å². The van der Waals surface area contributed by atoms with Crippen LogP contribution in [0.25, 0.3) is 0 Å². The van der Waals surface area contributed by atoms with Gasteiger partial charge in [0.25, 0.3) is 11.8 Å². The van der Waals surface area contributed by atoms with Crippen LogP contribution < -0.4 is 16.8 Å². The number of carboxylic acid groups (broad SMARTS) is 1. The molecule has 1 fully saturated rings. The van der Waals surface area contributed by atoms with E-state index in [0.717, 1.165) is 11.3 Å². The molecule has 6 N–H and O–H groups in total. The van der Waals surface area contributed by atoms with Crippen LogP contribution in [0.5, 0.6) is 0 Å². The number of carbonyl (C=O) groups is 3. The van der Waals surface area contributed by atoms with Gasteiger partial charge in [-0.05, 0) is 12.3 Å². The number of nitrogens with zero attached hydrogens (tertiary/aromatic N) is 3. The average Bonchev–Trinajstić information content (AvgIpc) is 3.17. The number of oxime groups is 1. The second-order valence-electron chi connectivity index (χ2n) is 6.09. The molecule has 0 bridgehead atoms. The van der Waals surface area contributed by atoms with Crippen molar-refractivity contribution in [2.75, 3.05) is 24.6 Å². The van der Waals surface area contributed by atoms with Gasteiger partial charge in [0.05, 0.1) is 0 Å². The SMILES string of the molecule is CCO/N=C(\C(=O)NC1C(=O)N2C(C(=O)O)=C(S/C=C\CN)CS[C@H]12)c1csc(N)n1. The molecule has 3 rings (SSSR count). The number of amides is 2. The van der Waals surface area contributed by atoms with E-state index in [1.165, 1.54) is 28.4 Å². The topological polar surface area (TPSA) is 173 Å². The molecule has 0 saturated carbocycles. The third-order valence-corrected chi connectivity index (χ3v) is 7.22. The van der Waals surface area contributed by atoms with E-state index in [0.29, 0.717) is 17.2 Å². The lowest BCUT2D eigenvalue weighted by Gasteiger charge is -2.49. The molecule has 1 saturated heterocycles. The van der Waals surface area contributed by atoms with Gasteiger partial charge in [-0.1, -0.05) is 23.0 Å². The Balaban J connectivity index is 1.78. The van der Waals surface area contributed by atoms with Crippen molar-refractivity contribution in [1.29, 1.82) is 0 Å². The quantitative estimate of drug-likeness (QED) is 0.218. The van der Waals surface area contributed by atoms with Gasteiger partial charge in [0.2, 0.25) is 0 Å². The number of aromatic nitrogens is 1. The fourth-order valence-corrected chi connectivity index (χ4v) is 5.69. The number of thiazole rings is 1. The van der Waals surface area contributed by atoms with Crippen LogP contribution in [0.4, 0.5) is 5.13 Å². The molecule has 14 heteroatoms. The number of carboxylic acids is 1. The Bertz CT molecular complexity index is 975. The Morgan fingerprint density at radius 2 is 2.32 bits per heavy atom. The van der Waals surface area contributed by atoms with Gasteiger partial charge in [0.15, 0.2) is 10.8 Å². The summed E-state index contributed by atoms with van der Waals surface area (Å²) in [4.78, 5) is 48.1. The number of carbonyl (C=O) groups excluding carboxylic acids is 2. The van der Waals surface area contributed by atoms with Crippen molar-refractivity contribution in [3.8, 4) is 0 Å². The van der Waals surface area contributed by atoms with Gasteiger partial charge >= 0.3 is 5.97 Å². The second kappa shape index (κ2) is 10.2. The summed E-state index contributed by atoms with van der Waals surface area (Å²) in [6.45, 7) is 2.26. The Hall–Kier alpha value is -2.55. The molecule has 1 aromatic heterocycles. The molecule has 3 heterocycles. The minimum Gasteiger partial charge on any atom is -0.477 e. The van der Waals surface area contributed by atoms with Gasteiger partial charge in [-0.25, -0.2) is 9.78 Å². The van der Waals surface area contributed by atoms with Gasteiger partial charge in [-0.3, -0.25) is 14.5 Å². The van der Waals surface area contributed by atoms with Crippen LogP contribution in [0, 0.1) is 0 Å². The van der Waals surface area contributed by atoms with E-state index in [4.69, 9.17) is 16.3 Å². The molecule has 2 aliphatic rings. The highest BCUT2D eigenvalue weighted by Gasteiger charge is 2.54. The largest absolute Gasteiger partial charge is 0.477 e. The van der Waals surface area contributed by atoms with E-state index in [9.17, 15) is 19.5 Å². The summed E-state index contributed by atoms with van der Waals surface area (Å²) in [6, 6.07) is -0.902. The maximum atomic E-state index is 12.8. The molecule has 0 aliphatic carbocycles. The summed E-state index contributed by atoms with van der Waals surface area (Å²) in [5.41, 5.74) is 11.1. The van der Waals surface area contributed by atoms with Crippen molar-refractivity contribution in [2.24, 2.45) is 10.9 Å². The predicted molar refractivity (Wildman–Crippen MR) is 120 cm³/mol. The second-order valence-corrected chi connectivity index (χ2v) is 9.09. The number of rotatable bonds is 9. The van der Waals surface area contributed by atoms with E-state index >= 15 is 0 Å². The highest BCUT2D eigenvalue weighted by Crippen LogP contribution is 2.43. The maximum Gasteiger partial charge on any atom is 0.353 e. The first-order valence-electron chi connectivity index (χ1n) is 9.04. The highest BCUT2D eigenvalue weighted by atomic mass is 32.2. The molecule has 31 heavy (non-hydrogen) atoms. The van der Waals surface area contributed by atoms with E-state index in [1.807, 2.05) is 0 Å². The monoisotopic (exact) mass is 484 g/mol. The van der Waals surface area contributed by atoms with Crippen molar-refractivity contribution < 1.29 is 24.3 Å². The van der Waals surface area contributed by atoms with Crippen LogP contribution in [0.15, 0.2) is 32.6 Å². The minimum absolute atomic E-state index is 0.0820. The molecular formula is C17H20N6O5S3. The number of fused-ring (bicyclic) bond motifs is 1. The summed E-state index contributed by atoms with van der Waals surface area (Å²) in [5.74, 6) is -2.00. The normalized spacial score (nSPS) is 21.2.